The molecule has 1 heterocycles. The van der Waals surface area contributed by atoms with Crippen LogP contribution in [0.1, 0.15) is 51.1 Å². The maximum absolute atomic E-state index is 4.53. The number of aromatic nitrogens is 2. The normalized spacial score (nSPS) is 19.0. The van der Waals surface area contributed by atoms with Crippen molar-refractivity contribution in [1.82, 2.24) is 15.1 Å². The van der Waals surface area contributed by atoms with Gasteiger partial charge in [0.05, 0.1) is 12.2 Å². The first-order valence-electron chi connectivity index (χ1n) is 7.53. The average Bonchev–Trinajstić information content (AvgIpc) is 2.81. The van der Waals surface area contributed by atoms with Gasteiger partial charge in [-0.2, -0.15) is 5.10 Å². The predicted octanol–water partition coefficient (Wildman–Crippen LogP) is 3.14. The molecular weight excluding hydrogens is 222 g/mol. The van der Waals surface area contributed by atoms with Crippen LogP contribution >= 0.6 is 0 Å². The van der Waals surface area contributed by atoms with Crippen molar-refractivity contribution in [3.05, 3.63) is 18.0 Å². The van der Waals surface area contributed by atoms with Gasteiger partial charge in [-0.3, -0.25) is 4.68 Å². The van der Waals surface area contributed by atoms with Crippen molar-refractivity contribution in [3.63, 3.8) is 0 Å². The Balaban J connectivity index is 1.94. The Labute approximate surface area is 111 Å². The summed E-state index contributed by atoms with van der Waals surface area (Å²) in [7, 11) is 0. The molecule has 18 heavy (non-hydrogen) atoms. The van der Waals surface area contributed by atoms with E-state index in [2.05, 4.69) is 41.2 Å². The van der Waals surface area contributed by atoms with Gasteiger partial charge >= 0.3 is 0 Å². The fourth-order valence-corrected chi connectivity index (χ4v) is 3.01. The first-order valence-corrected chi connectivity index (χ1v) is 7.53. The van der Waals surface area contributed by atoms with Crippen LogP contribution in [0, 0.1) is 12.8 Å². The Morgan fingerprint density at radius 1 is 1.39 bits per heavy atom. The molecule has 1 saturated carbocycles. The van der Waals surface area contributed by atoms with Gasteiger partial charge in [-0.25, -0.2) is 0 Å². The van der Waals surface area contributed by atoms with Gasteiger partial charge in [-0.05, 0) is 44.7 Å². The summed E-state index contributed by atoms with van der Waals surface area (Å²) in [6.45, 7) is 6.45. The topological polar surface area (TPSA) is 29.9 Å². The average molecular weight is 249 g/mol. The molecule has 0 saturated heterocycles. The van der Waals surface area contributed by atoms with Crippen LogP contribution in [0.15, 0.2) is 12.3 Å². The Morgan fingerprint density at radius 2 is 2.17 bits per heavy atom. The van der Waals surface area contributed by atoms with Crippen molar-refractivity contribution in [2.75, 3.05) is 6.54 Å². The number of nitrogens with one attached hydrogen (secondary N) is 1. The fourth-order valence-electron chi connectivity index (χ4n) is 3.01. The van der Waals surface area contributed by atoms with Gasteiger partial charge in [0.1, 0.15) is 0 Å². The van der Waals surface area contributed by atoms with Gasteiger partial charge < -0.3 is 5.32 Å². The molecule has 3 heteroatoms. The molecule has 1 N–H and O–H groups in total. The van der Waals surface area contributed by atoms with Crippen LogP contribution in [0.3, 0.4) is 0 Å². The highest BCUT2D eigenvalue weighted by molar-refractivity contribution is 4.95. The van der Waals surface area contributed by atoms with E-state index in [1.807, 2.05) is 0 Å². The monoisotopic (exact) mass is 249 g/mol. The molecule has 1 aliphatic rings. The Bertz CT molecular complexity index is 339. The summed E-state index contributed by atoms with van der Waals surface area (Å²) in [5.41, 5.74) is 1.12. The van der Waals surface area contributed by atoms with Crippen LogP contribution in [0.4, 0.5) is 0 Å². The molecule has 102 valence electrons. The summed E-state index contributed by atoms with van der Waals surface area (Å²) >= 11 is 0. The number of nitrogens with zero attached hydrogens (tertiary/aromatic N) is 2. The zero-order valence-corrected chi connectivity index (χ0v) is 11.9. The number of aryl methyl sites for hydroxylation is 1. The molecule has 0 aromatic carbocycles. The van der Waals surface area contributed by atoms with Crippen molar-refractivity contribution in [2.45, 2.75) is 65.0 Å². The summed E-state index contributed by atoms with van der Waals surface area (Å²) in [5.74, 6) is 0.842. The van der Waals surface area contributed by atoms with Crippen LogP contribution in [0.5, 0.6) is 0 Å². The van der Waals surface area contributed by atoms with Gasteiger partial charge in [0.15, 0.2) is 0 Å². The molecule has 0 radical (unpaired) electrons. The Hall–Kier alpha value is -0.830. The Morgan fingerprint density at radius 3 is 2.78 bits per heavy atom. The first-order chi connectivity index (χ1) is 8.79. The molecule has 0 amide bonds. The summed E-state index contributed by atoms with van der Waals surface area (Å²) in [6, 6.07) is 2.70. The molecule has 0 spiro atoms. The van der Waals surface area contributed by atoms with E-state index in [1.54, 1.807) is 0 Å². The minimum atomic E-state index is 0.601. The minimum absolute atomic E-state index is 0.601. The second-order valence-corrected chi connectivity index (χ2v) is 5.64. The van der Waals surface area contributed by atoms with Crippen LogP contribution in [0.2, 0.25) is 0 Å². The molecule has 1 fully saturated rings. The van der Waals surface area contributed by atoms with Crippen molar-refractivity contribution < 1.29 is 0 Å². The third-order valence-electron chi connectivity index (χ3n) is 4.03. The zero-order valence-electron chi connectivity index (χ0n) is 11.9. The molecule has 1 atom stereocenters. The van der Waals surface area contributed by atoms with E-state index in [0.29, 0.717) is 6.04 Å². The lowest BCUT2D eigenvalue weighted by atomic mass is 9.84. The Kier molecular flexibility index (Phi) is 5.24. The van der Waals surface area contributed by atoms with E-state index < -0.39 is 0 Å². The highest BCUT2D eigenvalue weighted by Crippen LogP contribution is 2.27. The lowest BCUT2D eigenvalue weighted by Crippen LogP contribution is -2.41. The van der Waals surface area contributed by atoms with Crippen LogP contribution in [-0.4, -0.2) is 22.4 Å². The SMILES string of the molecule is CCCNC(Cn1ccc(C)n1)C1CCCCC1. The zero-order chi connectivity index (χ0) is 12.8. The minimum Gasteiger partial charge on any atom is -0.312 e. The third kappa shape index (κ3) is 3.84. The number of rotatable bonds is 6. The highest BCUT2D eigenvalue weighted by atomic mass is 15.3. The van der Waals surface area contributed by atoms with Gasteiger partial charge in [0, 0.05) is 12.2 Å². The van der Waals surface area contributed by atoms with Crippen LogP contribution in [-0.2, 0) is 6.54 Å². The standard InChI is InChI=1S/C15H27N3/c1-3-10-16-15(14-7-5-4-6-8-14)12-18-11-9-13(2)17-18/h9,11,14-16H,3-8,10,12H2,1-2H3. The molecular formula is C15H27N3. The van der Waals surface area contributed by atoms with Gasteiger partial charge in [0.2, 0.25) is 0 Å². The lowest BCUT2D eigenvalue weighted by molar-refractivity contribution is 0.242. The van der Waals surface area contributed by atoms with Crippen molar-refractivity contribution in [1.29, 1.82) is 0 Å². The molecule has 1 unspecified atom stereocenters. The molecule has 1 aromatic rings. The summed E-state index contributed by atoms with van der Waals surface area (Å²) in [5, 5.41) is 8.27. The predicted molar refractivity (Wildman–Crippen MR) is 75.6 cm³/mol. The van der Waals surface area contributed by atoms with Gasteiger partial charge in [-0.1, -0.05) is 26.2 Å². The maximum atomic E-state index is 4.53. The maximum Gasteiger partial charge on any atom is 0.0593 e. The number of hydrogen-bond donors (Lipinski definition) is 1. The van der Waals surface area contributed by atoms with Crippen LogP contribution < -0.4 is 5.32 Å². The largest absolute Gasteiger partial charge is 0.312 e. The fraction of sp³-hybridized carbons (Fsp3) is 0.800. The van der Waals surface area contributed by atoms with Crippen molar-refractivity contribution in [3.8, 4) is 0 Å². The quantitative estimate of drug-likeness (QED) is 0.839. The molecule has 2 rings (SSSR count). The smallest absolute Gasteiger partial charge is 0.0593 e. The van der Waals surface area contributed by atoms with Crippen LogP contribution in [0.25, 0.3) is 0 Å². The van der Waals surface area contributed by atoms with E-state index in [1.165, 1.54) is 38.5 Å². The summed E-state index contributed by atoms with van der Waals surface area (Å²) in [6.07, 6.45) is 10.3. The molecule has 0 bridgehead atoms. The molecule has 1 aliphatic carbocycles. The lowest BCUT2D eigenvalue weighted by Gasteiger charge is -2.31. The summed E-state index contributed by atoms with van der Waals surface area (Å²) < 4.78 is 2.11. The summed E-state index contributed by atoms with van der Waals surface area (Å²) in [4.78, 5) is 0. The molecule has 3 nitrogen and oxygen atoms in total. The second-order valence-electron chi connectivity index (χ2n) is 5.64. The van der Waals surface area contributed by atoms with E-state index in [-0.39, 0.29) is 0 Å². The second kappa shape index (κ2) is 6.93. The first kappa shape index (κ1) is 13.6. The van der Waals surface area contributed by atoms with Gasteiger partial charge in [0.25, 0.3) is 0 Å². The third-order valence-corrected chi connectivity index (χ3v) is 4.03. The van der Waals surface area contributed by atoms with Crippen molar-refractivity contribution in [2.24, 2.45) is 5.92 Å². The molecule has 1 aromatic heterocycles. The molecule has 0 aliphatic heterocycles. The van der Waals surface area contributed by atoms with Crippen molar-refractivity contribution >= 4 is 0 Å². The number of hydrogen-bond acceptors (Lipinski definition) is 2. The highest BCUT2D eigenvalue weighted by Gasteiger charge is 2.23. The van der Waals surface area contributed by atoms with E-state index in [0.717, 1.165) is 24.7 Å². The van der Waals surface area contributed by atoms with E-state index >= 15 is 0 Å². The van der Waals surface area contributed by atoms with E-state index in [4.69, 9.17) is 0 Å². The van der Waals surface area contributed by atoms with E-state index in [9.17, 15) is 0 Å². The van der Waals surface area contributed by atoms with Gasteiger partial charge in [-0.15, -0.1) is 0 Å².